The molecule has 27 heavy (non-hydrogen) atoms. The van der Waals surface area contributed by atoms with Crippen molar-refractivity contribution in [2.75, 3.05) is 35.5 Å². The Bertz CT molecular complexity index is 938. The second-order valence-electron chi connectivity index (χ2n) is 5.55. The second-order valence-corrected chi connectivity index (χ2v) is 6.36. The molecule has 0 atom stereocenters. The highest BCUT2D eigenvalue weighted by Crippen LogP contribution is 2.43. The maximum absolute atomic E-state index is 5.53. The summed E-state index contributed by atoms with van der Waals surface area (Å²) in [6.45, 7) is 0. The molecule has 0 unspecified atom stereocenters. The Hall–Kier alpha value is -2.93. The van der Waals surface area contributed by atoms with Crippen molar-refractivity contribution in [3.63, 3.8) is 0 Å². The Morgan fingerprint density at radius 3 is 1.85 bits per heavy atom. The van der Waals surface area contributed by atoms with E-state index in [1.54, 1.807) is 35.5 Å². The summed E-state index contributed by atoms with van der Waals surface area (Å²) >= 11 is 1.38. The van der Waals surface area contributed by atoms with Crippen LogP contribution < -0.4 is 23.7 Å². The van der Waals surface area contributed by atoms with Gasteiger partial charge in [-0.05, 0) is 41.9 Å². The molecule has 1 heterocycles. The summed E-state index contributed by atoms with van der Waals surface area (Å²) in [6, 6.07) is 11.4. The summed E-state index contributed by atoms with van der Waals surface area (Å²) in [7, 11) is 8.06. The molecule has 0 aliphatic carbocycles. The molecule has 0 amide bonds. The third-order valence-electron chi connectivity index (χ3n) is 4.16. The number of methoxy groups -OCH3 is 5. The van der Waals surface area contributed by atoms with Gasteiger partial charge in [0.2, 0.25) is 0 Å². The molecule has 0 fully saturated rings. The van der Waals surface area contributed by atoms with Gasteiger partial charge in [0.1, 0.15) is 5.75 Å². The minimum atomic E-state index is 0.614. The van der Waals surface area contributed by atoms with Gasteiger partial charge in [-0.2, -0.15) is 4.37 Å². The maximum Gasteiger partial charge on any atom is 0.164 e. The molecule has 7 heteroatoms. The third kappa shape index (κ3) is 3.64. The zero-order valence-electron chi connectivity index (χ0n) is 15.9. The molecule has 0 N–H and O–H groups in total. The molecule has 0 radical (unpaired) electrons. The van der Waals surface area contributed by atoms with E-state index in [1.807, 2.05) is 36.4 Å². The molecule has 2 aromatic carbocycles. The average molecular weight is 387 g/mol. The fourth-order valence-electron chi connectivity index (χ4n) is 2.76. The third-order valence-corrected chi connectivity index (χ3v) is 4.98. The Labute approximate surface area is 162 Å². The van der Waals surface area contributed by atoms with E-state index < -0.39 is 0 Å². The molecule has 0 aliphatic rings. The molecule has 6 nitrogen and oxygen atoms in total. The minimum absolute atomic E-state index is 0.614. The van der Waals surface area contributed by atoms with Crippen LogP contribution in [0.1, 0.15) is 0 Å². The van der Waals surface area contributed by atoms with Crippen LogP contribution in [0, 0.1) is 0 Å². The standard InChI is InChI=1S/C20H21NO5S/c1-22-15-7-6-12(8-17(15)24-3)14-10-20(27-21-14)13-9-18(25-4)19(26-5)11-16(13)23-2/h6-11H,1-5H3. The van der Waals surface area contributed by atoms with E-state index in [9.17, 15) is 0 Å². The number of benzene rings is 2. The average Bonchev–Trinajstić information content (AvgIpc) is 3.22. The topological polar surface area (TPSA) is 59.0 Å². The summed E-state index contributed by atoms with van der Waals surface area (Å²) < 4.78 is 31.6. The lowest BCUT2D eigenvalue weighted by molar-refractivity contribution is 0.349. The lowest BCUT2D eigenvalue weighted by Crippen LogP contribution is -1.94. The molecule has 1 aromatic heterocycles. The lowest BCUT2D eigenvalue weighted by Gasteiger charge is -2.12. The molecule has 0 spiro atoms. The van der Waals surface area contributed by atoms with Gasteiger partial charge in [-0.25, -0.2) is 0 Å². The first-order valence-corrected chi connectivity index (χ1v) is 8.92. The monoisotopic (exact) mass is 387 g/mol. The van der Waals surface area contributed by atoms with Gasteiger partial charge in [-0.3, -0.25) is 0 Å². The van der Waals surface area contributed by atoms with Crippen molar-refractivity contribution < 1.29 is 23.7 Å². The smallest absolute Gasteiger partial charge is 0.164 e. The van der Waals surface area contributed by atoms with Crippen molar-refractivity contribution in [1.82, 2.24) is 4.37 Å². The van der Waals surface area contributed by atoms with Crippen LogP contribution in [-0.4, -0.2) is 39.9 Å². The normalized spacial score (nSPS) is 10.4. The van der Waals surface area contributed by atoms with Crippen molar-refractivity contribution in [1.29, 1.82) is 0 Å². The zero-order valence-corrected chi connectivity index (χ0v) is 16.7. The lowest BCUT2D eigenvalue weighted by atomic mass is 10.1. The number of aromatic nitrogens is 1. The van der Waals surface area contributed by atoms with Gasteiger partial charge < -0.3 is 23.7 Å². The Morgan fingerprint density at radius 2 is 1.22 bits per heavy atom. The van der Waals surface area contributed by atoms with Crippen molar-refractivity contribution in [2.45, 2.75) is 0 Å². The highest BCUT2D eigenvalue weighted by atomic mass is 32.1. The first-order chi connectivity index (χ1) is 13.1. The van der Waals surface area contributed by atoms with Gasteiger partial charge >= 0.3 is 0 Å². The van der Waals surface area contributed by atoms with E-state index in [1.165, 1.54) is 11.5 Å². The van der Waals surface area contributed by atoms with Crippen LogP contribution >= 0.6 is 11.5 Å². The molecule has 0 saturated carbocycles. The molecule has 142 valence electrons. The van der Waals surface area contributed by atoms with E-state index in [2.05, 4.69) is 4.37 Å². The van der Waals surface area contributed by atoms with Crippen LogP contribution in [0.5, 0.6) is 28.7 Å². The van der Waals surface area contributed by atoms with E-state index in [4.69, 9.17) is 23.7 Å². The quantitative estimate of drug-likeness (QED) is 0.594. The predicted octanol–water partition coefficient (Wildman–Crippen LogP) is 4.52. The summed E-state index contributed by atoms with van der Waals surface area (Å²) in [4.78, 5) is 0.956. The first-order valence-electron chi connectivity index (χ1n) is 8.14. The van der Waals surface area contributed by atoms with Gasteiger partial charge in [-0.1, -0.05) is 0 Å². The van der Waals surface area contributed by atoms with Crippen molar-refractivity contribution in [3.05, 3.63) is 36.4 Å². The predicted molar refractivity (Wildman–Crippen MR) is 106 cm³/mol. The second kappa shape index (κ2) is 8.18. The van der Waals surface area contributed by atoms with E-state index in [-0.39, 0.29) is 0 Å². The van der Waals surface area contributed by atoms with Crippen molar-refractivity contribution >= 4 is 11.5 Å². The van der Waals surface area contributed by atoms with Crippen molar-refractivity contribution in [3.8, 4) is 50.4 Å². The van der Waals surface area contributed by atoms with Crippen molar-refractivity contribution in [2.24, 2.45) is 0 Å². The number of ether oxygens (including phenoxy) is 5. The number of hydrogen-bond donors (Lipinski definition) is 0. The molecule has 0 saturated heterocycles. The Kier molecular flexibility index (Phi) is 5.71. The number of nitrogens with zero attached hydrogens (tertiary/aromatic N) is 1. The van der Waals surface area contributed by atoms with Crippen LogP contribution in [-0.2, 0) is 0 Å². The fraction of sp³-hybridized carbons (Fsp3) is 0.250. The van der Waals surface area contributed by atoms with Crippen LogP contribution in [0.3, 0.4) is 0 Å². The zero-order chi connectivity index (χ0) is 19.4. The van der Waals surface area contributed by atoms with E-state index in [0.717, 1.165) is 21.7 Å². The summed E-state index contributed by atoms with van der Waals surface area (Å²) in [5.74, 6) is 3.28. The van der Waals surface area contributed by atoms with Crippen LogP contribution in [0.25, 0.3) is 21.7 Å². The van der Waals surface area contributed by atoms with Crippen LogP contribution in [0.2, 0.25) is 0 Å². The highest BCUT2D eigenvalue weighted by Gasteiger charge is 2.17. The van der Waals surface area contributed by atoms with Gasteiger partial charge in [0.25, 0.3) is 0 Å². The SMILES string of the molecule is COc1ccc(-c2cc(-c3cc(OC)c(OC)cc3OC)sn2)cc1OC. The van der Waals surface area contributed by atoms with Crippen LogP contribution in [0.4, 0.5) is 0 Å². The number of rotatable bonds is 7. The van der Waals surface area contributed by atoms with E-state index >= 15 is 0 Å². The maximum atomic E-state index is 5.53. The van der Waals surface area contributed by atoms with Gasteiger partial charge in [0, 0.05) is 17.2 Å². The molecule has 0 aliphatic heterocycles. The summed E-state index contributed by atoms with van der Waals surface area (Å²) in [5, 5.41) is 0. The van der Waals surface area contributed by atoms with Gasteiger partial charge in [0.05, 0.1) is 46.1 Å². The van der Waals surface area contributed by atoms with Gasteiger partial charge in [0.15, 0.2) is 23.0 Å². The molecule has 3 rings (SSSR count). The molecule has 0 bridgehead atoms. The largest absolute Gasteiger partial charge is 0.496 e. The van der Waals surface area contributed by atoms with E-state index in [0.29, 0.717) is 28.7 Å². The number of hydrogen-bond acceptors (Lipinski definition) is 7. The van der Waals surface area contributed by atoms with Gasteiger partial charge in [-0.15, -0.1) is 0 Å². The summed E-state index contributed by atoms with van der Waals surface area (Å²) in [5.41, 5.74) is 2.67. The Balaban J connectivity index is 2.03. The molecule has 3 aromatic rings. The summed E-state index contributed by atoms with van der Waals surface area (Å²) in [6.07, 6.45) is 0. The first kappa shape index (κ1) is 18.8. The minimum Gasteiger partial charge on any atom is -0.496 e. The molecular formula is C20H21NO5S. The highest BCUT2D eigenvalue weighted by molar-refractivity contribution is 7.09. The van der Waals surface area contributed by atoms with Crippen LogP contribution in [0.15, 0.2) is 36.4 Å². The Morgan fingerprint density at radius 1 is 0.630 bits per heavy atom. The molecular weight excluding hydrogens is 366 g/mol. The fourth-order valence-corrected chi connectivity index (χ4v) is 3.53.